The Morgan fingerprint density at radius 3 is 2.55 bits per heavy atom. The van der Waals surface area contributed by atoms with Gasteiger partial charge in [-0.1, -0.05) is 29.5 Å². The summed E-state index contributed by atoms with van der Waals surface area (Å²) < 4.78 is 18.0. The molecule has 0 bridgehead atoms. The van der Waals surface area contributed by atoms with Crippen LogP contribution in [0.4, 0.5) is 0 Å². The quantitative estimate of drug-likeness (QED) is 0.625. The number of ether oxygens (including phenoxy) is 3. The maximum atomic E-state index is 13.0. The van der Waals surface area contributed by atoms with Crippen LogP contribution in [0.25, 0.3) is 10.2 Å². The number of aromatic nitrogens is 1. The Hall–Kier alpha value is -2.80. The molecular formula is C22H24N2O4S. The molecule has 29 heavy (non-hydrogen) atoms. The van der Waals surface area contributed by atoms with Crippen LogP contribution in [0.2, 0.25) is 0 Å². The van der Waals surface area contributed by atoms with E-state index in [9.17, 15) is 4.79 Å². The third-order valence-electron chi connectivity index (χ3n) is 5.23. The third kappa shape index (κ3) is 3.87. The van der Waals surface area contributed by atoms with Gasteiger partial charge in [0.05, 0.1) is 30.0 Å². The average molecular weight is 413 g/mol. The summed E-state index contributed by atoms with van der Waals surface area (Å²) in [5.74, 6) is 0.987. The molecule has 1 amide bonds. The number of carbonyl (C=O) groups is 1. The third-order valence-corrected chi connectivity index (χ3v) is 6.14. The highest BCUT2D eigenvalue weighted by atomic mass is 32.1. The molecule has 2 heterocycles. The van der Waals surface area contributed by atoms with Crippen LogP contribution in [-0.4, -0.2) is 49.2 Å². The highest BCUT2D eigenvalue weighted by molar-refractivity contribution is 7.20. The van der Waals surface area contributed by atoms with E-state index < -0.39 is 0 Å². The van der Waals surface area contributed by atoms with Crippen molar-refractivity contribution in [3.63, 3.8) is 0 Å². The molecule has 0 spiro atoms. The number of piperidine rings is 1. The summed E-state index contributed by atoms with van der Waals surface area (Å²) in [6, 6.07) is 11.5. The van der Waals surface area contributed by atoms with Crippen molar-refractivity contribution in [1.82, 2.24) is 9.88 Å². The molecule has 0 atom stereocenters. The summed E-state index contributed by atoms with van der Waals surface area (Å²) in [7, 11) is 3.12. The van der Waals surface area contributed by atoms with E-state index in [1.807, 2.05) is 11.0 Å². The zero-order valence-electron chi connectivity index (χ0n) is 16.8. The molecule has 3 aromatic rings. The predicted molar refractivity (Wildman–Crippen MR) is 113 cm³/mol. The average Bonchev–Trinajstić information content (AvgIpc) is 3.17. The number of nitrogens with zero attached hydrogens (tertiary/aromatic N) is 2. The number of thiazole rings is 1. The normalized spacial score (nSPS) is 14.8. The van der Waals surface area contributed by atoms with Crippen molar-refractivity contribution < 1.29 is 19.0 Å². The lowest BCUT2D eigenvalue weighted by Crippen LogP contribution is -2.41. The van der Waals surface area contributed by atoms with Crippen LogP contribution in [0.3, 0.4) is 0 Å². The fourth-order valence-electron chi connectivity index (χ4n) is 3.66. The first-order valence-electron chi connectivity index (χ1n) is 9.63. The van der Waals surface area contributed by atoms with Gasteiger partial charge in [-0.15, -0.1) is 0 Å². The zero-order chi connectivity index (χ0) is 20.4. The van der Waals surface area contributed by atoms with Crippen LogP contribution in [0, 0.1) is 6.92 Å². The molecule has 7 heteroatoms. The number of para-hydroxylation sites is 2. The molecule has 0 radical (unpaired) electrons. The fraction of sp³-hybridized carbons (Fsp3) is 0.364. The predicted octanol–water partition coefficient (Wildman–Crippen LogP) is 4.31. The molecule has 0 N–H and O–H groups in total. The van der Waals surface area contributed by atoms with Gasteiger partial charge in [0, 0.05) is 25.9 Å². The second-order valence-corrected chi connectivity index (χ2v) is 8.05. The number of hydrogen-bond donors (Lipinski definition) is 0. The highest BCUT2D eigenvalue weighted by Gasteiger charge is 2.28. The van der Waals surface area contributed by atoms with E-state index >= 15 is 0 Å². The second-order valence-electron chi connectivity index (χ2n) is 7.05. The molecule has 1 aliphatic rings. The Morgan fingerprint density at radius 2 is 1.86 bits per heavy atom. The van der Waals surface area contributed by atoms with Crippen LogP contribution < -0.4 is 14.2 Å². The summed E-state index contributed by atoms with van der Waals surface area (Å²) in [5, 5.41) is 0.702. The van der Waals surface area contributed by atoms with Gasteiger partial charge >= 0.3 is 0 Å². The summed E-state index contributed by atoms with van der Waals surface area (Å²) >= 11 is 1.57. The Balaban J connectivity index is 1.41. The van der Waals surface area contributed by atoms with E-state index in [0.29, 0.717) is 35.3 Å². The van der Waals surface area contributed by atoms with Crippen molar-refractivity contribution in [2.75, 3.05) is 27.3 Å². The summed E-state index contributed by atoms with van der Waals surface area (Å²) in [5.41, 5.74) is 2.68. The Morgan fingerprint density at radius 1 is 1.10 bits per heavy atom. The van der Waals surface area contributed by atoms with Gasteiger partial charge in [-0.3, -0.25) is 4.79 Å². The highest BCUT2D eigenvalue weighted by Crippen LogP contribution is 2.33. The molecule has 1 saturated heterocycles. The van der Waals surface area contributed by atoms with Crippen molar-refractivity contribution in [3.8, 4) is 16.7 Å². The molecule has 0 unspecified atom stereocenters. The van der Waals surface area contributed by atoms with Gasteiger partial charge in [-0.2, -0.15) is 0 Å². The fourth-order valence-corrected chi connectivity index (χ4v) is 4.62. The minimum Gasteiger partial charge on any atom is -0.493 e. The van der Waals surface area contributed by atoms with E-state index in [2.05, 4.69) is 24.0 Å². The molecule has 1 aliphatic heterocycles. The maximum Gasteiger partial charge on any atom is 0.274 e. The number of amides is 1. The number of likely N-dealkylation sites (tertiary alicyclic amines) is 1. The smallest absolute Gasteiger partial charge is 0.274 e. The number of carbonyl (C=O) groups excluding carboxylic acids is 1. The van der Waals surface area contributed by atoms with Crippen LogP contribution in [0.5, 0.6) is 16.7 Å². The number of rotatable bonds is 5. The first-order chi connectivity index (χ1) is 14.1. The number of benzene rings is 2. The van der Waals surface area contributed by atoms with E-state index in [0.717, 1.165) is 28.6 Å². The topological polar surface area (TPSA) is 60.9 Å². The first-order valence-corrected chi connectivity index (χ1v) is 10.5. The van der Waals surface area contributed by atoms with E-state index in [4.69, 9.17) is 14.2 Å². The van der Waals surface area contributed by atoms with E-state index in [1.165, 1.54) is 0 Å². The van der Waals surface area contributed by atoms with Crippen molar-refractivity contribution in [1.29, 1.82) is 0 Å². The van der Waals surface area contributed by atoms with Crippen molar-refractivity contribution in [2.45, 2.75) is 25.9 Å². The zero-order valence-corrected chi connectivity index (χ0v) is 17.6. The monoisotopic (exact) mass is 412 g/mol. The van der Waals surface area contributed by atoms with Crippen LogP contribution >= 0.6 is 11.3 Å². The largest absolute Gasteiger partial charge is 0.493 e. The maximum absolute atomic E-state index is 13.0. The molecule has 152 valence electrons. The lowest BCUT2D eigenvalue weighted by molar-refractivity contribution is 0.0592. The second kappa shape index (κ2) is 8.29. The molecule has 4 rings (SSSR count). The summed E-state index contributed by atoms with van der Waals surface area (Å²) in [6.45, 7) is 3.32. The van der Waals surface area contributed by atoms with Crippen LogP contribution in [0.15, 0.2) is 36.4 Å². The van der Waals surface area contributed by atoms with Gasteiger partial charge in [0.2, 0.25) is 0 Å². The lowest BCUT2D eigenvalue weighted by Gasteiger charge is -2.32. The van der Waals surface area contributed by atoms with Crippen molar-refractivity contribution in [3.05, 3.63) is 47.5 Å². The van der Waals surface area contributed by atoms with Gasteiger partial charge < -0.3 is 19.1 Å². The van der Waals surface area contributed by atoms with Crippen LogP contribution in [0.1, 0.15) is 28.8 Å². The Bertz CT molecular complexity index is 1020. The molecule has 6 nitrogen and oxygen atoms in total. The number of hydrogen-bond acceptors (Lipinski definition) is 6. The number of fused-ring (bicyclic) bond motifs is 1. The van der Waals surface area contributed by atoms with E-state index in [-0.39, 0.29) is 12.0 Å². The molecular weight excluding hydrogens is 388 g/mol. The number of aryl methyl sites for hydroxylation is 1. The van der Waals surface area contributed by atoms with Crippen molar-refractivity contribution >= 4 is 27.5 Å². The minimum atomic E-state index is -0.0465. The molecule has 1 aromatic heterocycles. The van der Waals surface area contributed by atoms with Crippen LogP contribution in [-0.2, 0) is 0 Å². The van der Waals surface area contributed by atoms with Gasteiger partial charge in [-0.25, -0.2) is 4.98 Å². The standard InChI is InChI=1S/C22H24N2O4S/c1-14-6-4-9-18-19(14)23-22(29-18)28-15-10-12-24(13-11-15)21(25)16-7-5-8-17(26-2)20(16)27-3/h4-9,15H,10-13H2,1-3H3. The number of methoxy groups -OCH3 is 2. The molecule has 0 saturated carbocycles. The molecule has 2 aromatic carbocycles. The summed E-state index contributed by atoms with van der Waals surface area (Å²) in [4.78, 5) is 19.5. The summed E-state index contributed by atoms with van der Waals surface area (Å²) in [6.07, 6.45) is 1.60. The van der Waals surface area contributed by atoms with Crippen molar-refractivity contribution in [2.24, 2.45) is 0 Å². The SMILES string of the molecule is COc1cccc(C(=O)N2CCC(Oc3nc4c(C)cccc4s3)CC2)c1OC. The van der Waals surface area contributed by atoms with Gasteiger partial charge in [0.25, 0.3) is 11.1 Å². The van der Waals surface area contributed by atoms with Gasteiger partial charge in [-0.05, 0) is 30.7 Å². The van der Waals surface area contributed by atoms with Gasteiger partial charge in [0.1, 0.15) is 6.10 Å². The first kappa shape index (κ1) is 19.5. The molecule has 1 fully saturated rings. The van der Waals surface area contributed by atoms with E-state index in [1.54, 1.807) is 43.8 Å². The Labute approximate surface area is 174 Å². The molecule has 0 aliphatic carbocycles. The minimum absolute atomic E-state index is 0.0465. The lowest BCUT2D eigenvalue weighted by atomic mass is 10.1. The van der Waals surface area contributed by atoms with Gasteiger partial charge in [0.15, 0.2) is 11.5 Å². The Kier molecular flexibility index (Phi) is 5.58.